The molecule has 0 unspecified atom stereocenters. The van der Waals surface area contributed by atoms with E-state index in [4.69, 9.17) is 1.37 Å². The van der Waals surface area contributed by atoms with Crippen molar-refractivity contribution in [3.63, 3.8) is 0 Å². The summed E-state index contributed by atoms with van der Waals surface area (Å²) in [7, 11) is -1.59. The van der Waals surface area contributed by atoms with Gasteiger partial charge in [0, 0.05) is 0 Å². The van der Waals surface area contributed by atoms with E-state index in [-0.39, 0.29) is 0 Å². The number of rotatable bonds is 4. The van der Waals surface area contributed by atoms with Crippen LogP contribution in [0.4, 0.5) is 0 Å². The summed E-state index contributed by atoms with van der Waals surface area (Å²) in [6.07, 6.45) is 4.14. The van der Waals surface area contributed by atoms with Gasteiger partial charge in [-0.05, 0) is 41.1 Å². The lowest BCUT2D eigenvalue weighted by molar-refractivity contribution is 0.765. The molecule has 0 radical (unpaired) electrons. The average molecular weight is 224 g/mol. The molecule has 1 rings (SSSR count). The summed E-state index contributed by atoms with van der Waals surface area (Å²) in [5.41, 5.74) is 2.08. The van der Waals surface area contributed by atoms with E-state index in [1.807, 2.05) is 12.3 Å². The maximum Gasteiger partial charge on any atom is 0.168 e. The van der Waals surface area contributed by atoms with E-state index >= 15 is 0 Å². The maximum absolute atomic E-state index is 7.72. The third kappa shape index (κ3) is 1.92. The predicted octanol–water partition coefficient (Wildman–Crippen LogP) is 4.51. The van der Waals surface area contributed by atoms with Crippen molar-refractivity contribution in [3.8, 4) is 0 Å². The number of nitrogens with zero attached hydrogens (tertiary/aromatic N) is 1. The van der Waals surface area contributed by atoms with Gasteiger partial charge in [-0.3, -0.25) is 0 Å². The van der Waals surface area contributed by atoms with Crippen molar-refractivity contribution in [1.29, 1.82) is 0 Å². The molecule has 0 atom stereocenters. The van der Waals surface area contributed by atoms with E-state index in [1.54, 1.807) is 0 Å². The first-order valence-corrected chi connectivity index (χ1v) is 8.16. The van der Waals surface area contributed by atoms with Crippen LogP contribution >= 0.6 is 0 Å². The lowest BCUT2D eigenvalue weighted by atomic mass is 10.5. The molecule has 1 aromatic heterocycles. The van der Waals surface area contributed by atoms with E-state index in [0.717, 1.165) is 0 Å². The SMILES string of the molecule is [2H]c1ccn([Si](C(C)C)(C(C)C)C(C)C)c1. The molecule has 0 spiro atoms. The smallest absolute Gasteiger partial charge is 0.168 e. The molecule has 0 saturated heterocycles. The van der Waals surface area contributed by atoms with Crippen LogP contribution in [0.15, 0.2) is 24.5 Å². The van der Waals surface area contributed by atoms with Crippen molar-refractivity contribution in [2.24, 2.45) is 0 Å². The van der Waals surface area contributed by atoms with Gasteiger partial charge in [0.05, 0.1) is 1.37 Å². The summed E-state index contributed by atoms with van der Waals surface area (Å²) in [6.45, 7) is 14.1. The molecule has 2 heteroatoms. The zero-order valence-electron chi connectivity index (χ0n) is 11.9. The van der Waals surface area contributed by atoms with Gasteiger partial charge in [-0.2, -0.15) is 0 Å². The molecule has 0 aliphatic carbocycles. The topological polar surface area (TPSA) is 4.93 Å². The first-order chi connectivity index (χ1) is 7.33. The minimum atomic E-state index is -1.59. The second-order valence-corrected chi connectivity index (χ2v) is 11.1. The zero-order valence-corrected chi connectivity index (χ0v) is 11.9. The van der Waals surface area contributed by atoms with Crippen LogP contribution in [0.5, 0.6) is 0 Å². The number of aromatic nitrogens is 1. The summed E-state index contributed by atoms with van der Waals surface area (Å²) in [5.74, 6) is 0. The first-order valence-electron chi connectivity index (χ1n) is 6.48. The molecule has 0 N–H and O–H groups in total. The Kier molecular flexibility index (Phi) is 3.34. The summed E-state index contributed by atoms with van der Waals surface area (Å²) in [5, 5.41) is 0. The predicted molar refractivity (Wildman–Crippen MR) is 70.9 cm³/mol. The Hall–Kier alpha value is -0.503. The van der Waals surface area contributed by atoms with Crippen LogP contribution in [-0.4, -0.2) is 12.5 Å². The molecule has 0 fully saturated rings. The fourth-order valence-corrected chi connectivity index (χ4v) is 9.84. The van der Waals surface area contributed by atoms with Crippen molar-refractivity contribution in [2.45, 2.75) is 58.2 Å². The van der Waals surface area contributed by atoms with Gasteiger partial charge in [-0.15, -0.1) is 0 Å². The highest BCUT2D eigenvalue weighted by molar-refractivity contribution is 6.82. The van der Waals surface area contributed by atoms with Crippen molar-refractivity contribution in [3.05, 3.63) is 24.5 Å². The van der Waals surface area contributed by atoms with Gasteiger partial charge in [-0.1, -0.05) is 41.5 Å². The van der Waals surface area contributed by atoms with Crippen molar-refractivity contribution >= 4 is 8.24 Å². The van der Waals surface area contributed by atoms with E-state index < -0.39 is 8.24 Å². The van der Waals surface area contributed by atoms with Gasteiger partial charge in [0.15, 0.2) is 8.24 Å². The molecular formula is C13H25NSi. The van der Waals surface area contributed by atoms with Gasteiger partial charge in [-0.25, -0.2) is 0 Å². The lowest BCUT2D eigenvalue weighted by Gasteiger charge is -2.44. The van der Waals surface area contributed by atoms with Gasteiger partial charge in [0.1, 0.15) is 0 Å². The lowest BCUT2D eigenvalue weighted by Crippen LogP contribution is -2.51. The van der Waals surface area contributed by atoms with Gasteiger partial charge in [0.2, 0.25) is 0 Å². The fraction of sp³-hybridized carbons (Fsp3) is 0.692. The quantitative estimate of drug-likeness (QED) is 0.663. The summed E-state index contributed by atoms with van der Waals surface area (Å²) < 4.78 is 10.1. The van der Waals surface area contributed by atoms with E-state index in [0.29, 0.717) is 22.7 Å². The second-order valence-electron chi connectivity index (χ2n) is 5.37. The van der Waals surface area contributed by atoms with E-state index in [9.17, 15) is 0 Å². The van der Waals surface area contributed by atoms with Crippen molar-refractivity contribution in [1.82, 2.24) is 4.23 Å². The van der Waals surface area contributed by atoms with Gasteiger partial charge < -0.3 is 4.23 Å². The van der Waals surface area contributed by atoms with Crippen molar-refractivity contribution in [2.75, 3.05) is 0 Å². The third-order valence-corrected chi connectivity index (χ3v) is 10.5. The summed E-state index contributed by atoms with van der Waals surface area (Å²) in [4.78, 5) is 0. The Bertz CT molecular complexity index is 320. The zero-order chi connectivity index (χ0) is 12.5. The van der Waals surface area contributed by atoms with Crippen LogP contribution < -0.4 is 0 Å². The van der Waals surface area contributed by atoms with E-state index in [1.165, 1.54) is 0 Å². The highest BCUT2D eigenvalue weighted by Crippen LogP contribution is 2.42. The van der Waals surface area contributed by atoms with Crippen LogP contribution in [0.2, 0.25) is 16.6 Å². The van der Waals surface area contributed by atoms with Crippen LogP contribution in [0.3, 0.4) is 0 Å². The first kappa shape index (κ1) is 11.0. The Balaban J connectivity index is 3.33. The molecule has 86 valence electrons. The molecule has 1 aromatic rings. The molecular weight excluding hydrogens is 198 g/mol. The molecule has 15 heavy (non-hydrogen) atoms. The molecule has 0 bridgehead atoms. The van der Waals surface area contributed by atoms with Crippen LogP contribution in [-0.2, 0) is 0 Å². The molecule has 0 saturated carbocycles. The Morgan fingerprint density at radius 3 is 1.67 bits per heavy atom. The number of hydrogen-bond acceptors (Lipinski definition) is 0. The number of hydrogen-bond donors (Lipinski definition) is 0. The maximum atomic E-state index is 7.72. The van der Waals surface area contributed by atoms with Gasteiger partial charge in [0.25, 0.3) is 0 Å². The summed E-state index contributed by atoms with van der Waals surface area (Å²) >= 11 is 0. The van der Waals surface area contributed by atoms with E-state index in [2.05, 4.69) is 52.0 Å². The molecule has 0 amide bonds. The Morgan fingerprint density at radius 1 is 0.933 bits per heavy atom. The molecule has 0 aromatic carbocycles. The van der Waals surface area contributed by atoms with Gasteiger partial charge >= 0.3 is 0 Å². The molecule has 0 aliphatic heterocycles. The normalized spacial score (nSPS) is 14.1. The molecule has 1 heterocycles. The fourth-order valence-electron chi connectivity index (χ4n) is 3.43. The van der Waals surface area contributed by atoms with Crippen molar-refractivity contribution < 1.29 is 1.37 Å². The van der Waals surface area contributed by atoms with Crippen LogP contribution in [0, 0.1) is 0 Å². The standard InChI is InChI=1S/C13H25NSi/c1-11(2)15(12(3)4,13(5)6)14-9-7-8-10-14/h7-13H,1-6H3/i7D. The minimum Gasteiger partial charge on any atom is -0.379 e. The highest BCUT2D eigenvalue weighted by atomic mass is 28.3. The molecule has 1 nitrogen and oxygen atoms in total. The minimum absolute atomic E-state index is 0.638. The largest absolute Gasteiger partial charge is 0.379 e. The van der Waals surface area contributed by atoms with Crippen LogP contribution in [0.25, 0.3) is 0 Å². The Labute approximate surface area is 97.0 Å². The van der Waals surface area contributed by atoms with Crippen LogP contribution in [0.1, 0.15) is 42.9 Å². The monoisotopic (exact) mass is 224 g/mol. The highest BCUT2D eigenvalue weighted by Gasteiger charge is 2.44. The molecule has 0 aliphatic rings. The second kappa shape index (κ2) is 4.56. The average Bonchev–Trinajstić information content (AvgIpc) is 2.50. The summed E-state index contributed by atoms with van der Waals surface area (Å²) in [6, 6.07) is 2.55. The Morgan fingerprint density at radius 2 is 1.40 bits per heavy atom. The third-order valence-electron chi connectivity index (χ3n) is 3.77.